The lowest BCUT2D eigenvalue weighted by Crippen LogP contribution is -2.16. The van der Waals surface area contributed by atoms with E-state index >= 15 is 0 Å². The minimum Gasteiger partial charge on any atom is -0.496 e. The lowest BCUT2D eigenvalue weighted by molar-refractivity contribution is -0.131. The van der Waals surface area contributed by atoms with Crippen LogP contribution in [0.25, 0.3) is 21.9 Å². The minimum atomic E-state index is -0.434. The van der Waals surface area contributed by atoms with Crippen LogP contribution in [-0.4, -0.2) is 18.9 Å². The molecule has 4 nitrogen and oxygen atoms in total. The molecule has 0 heterocycles. The number of hydrogen-bond donors (Lipinski definition) is 0. The summed E-state index contributed by atoms with van der Waals surface area (Å²) in [4.78, 5) is 24.0. The Morgan fingerprint density at radius 3 is 2.20 bits per heavy atom. The van der Waals surface area contributed by atoms with Crippen LogP contribution in [0.4, 0.5) is 0 Å². The Morgan fingerprint density at radius 2 is 1.60 bits per heavy atom. The van der Waals surface area contributed by atoms with Crippen molar-refractivity contribution in [3.8, 4) is 22.6 Å². The summed E-state index contributed by atoms with van der Waals surface area (Å²) in [6.07, 6.45) is 0. The number of halogens is 2. The fraction of sp³-hybridized carbons (Fsp3) is 0.250. The largest absolute Gasteiger partial charge is 0.496 e. The molecule has 6 heteroatoms. The number of ether oxygens (including phenoxy) is 2. The molecule has 3 aromatic rings. The molecule has 0 atom stereocenters. The molecule has 0 unspecified atom stereocenters. The van der Waals surface area contributed by atoms with Crippen molar-refractivity contribution in [3.05, 3.63) is 57.1 Å². The zero-order chi connectivity index (χ0) is 22.0. The Kier molecular flexibility index (Phi) is 4.83. The van der Waals surface area contributed by atoms with Crippen LogP contribution in [0.3, 0.4) is 0 Å². The standard InChI is InChI=1S/C24H20Cl2O4/c1-11(27)14-8-15-17(9-20(14)29-5)24(3,4)18-10-21(30-12(2)28)23-16(22(15)18)6-13(25)7-19(23)26/h6-10H,1-5H3. The zero-order valence-corrected chi connectivity index (χ0v) is 18.8. The van der Waals surface area contributed by atoms with Gasteiger partial charge >= 0.3 is 5.97 Å². The summed E-state index contributed by atoms with van der Waals surface area (Å²) >= 11 is 12.9. The maximum atomic E-state index is 12.3. The SMILES string of the molecule is COc1cc2c(cc1C(C)=O)-c1c(cc(OC(C)=O)c3c(Cl)cc(Cl)cc13)C2(C)C. The maximum absolute atomic E-state index is 12.3. The van der Waals surface area contributed by atoms with E-state index in [1.807, 2.05) is 24.3 Å². The second-order valence-electron chi connectivity index (χ2n) is 7.98. The third kappa shape index (κ3) is 2.98. The number of esters is 1. The molecular weight excluding hydrogens is 423 g/mol. The topological polar surface area (TPSA) is 52.6 Å². The predicted octanol–water partition coefficient (Wildman–Crippen LogP) is 6.59. The highest BCUT2D eigenvalue weighted by Gasteiger charge is 2.39. The maximum Gasteiger partial charge on any atom is 0.308 e. The third-order valence-electron chi connectivity index (χ3n) is 5.70. The van der Waals surface area contributed by atoms with Crippen LogP contribution in [0, 0.1) is 0 Å². The van der Waals surface area contributed by atoms with Gasteiger partial charge in [-0.05, 0) is 64.9 Å². The van der Waals surface area contributed by atoms with Gasteiger partial charge in [0.25, 0.3) is 0 Å². The zero-order valence-electron chi connectivity index (χ0n) is 17.3. The first kappa shape index (κ1) is 20.7. The number of ketones is 1. The highest BCUT2D eigenvalue weighted by Crippen LogP contribution is 2.55. The molecule has 3 aromatic carbocycles. The summed E-state index contributed by atoms with van der Waals surface area (Å²) in [6, 6.07) is 9.08. The molecule has 4 rings (SSSR count). The number of carbonyl (C=O) groups is 2. The summed E-state index contributed by atoms with van der Waals surface area (Å²) in [5, 5.41) is 2.25. The Balaban J connectivity index is 2.19. The van der Waals surface area contributed by atoms with Gasteiger partial charge in [-0.2, -0.15) is 0 Å². The highest BCUT2D eigenvalue weighted by atomic mass is 35.5. The van der Waals surface area contributed by atoms with Crippen LogP contribution in [0.15, 0.2) is 30.3 Å². The molecular formula is C24H20Cl2O4. The summed E-state index contributed by atoms with van der Waals surface area (Å²) in [6.45, 7) is 7.04. The van der Waals surface area contributed by atoms with Gasteiger partial charge < -0.3 is 9.47 Å². The molecule has 0 aromatic heterocycles. The molecule has 1 aliphatic rings. The van der Waals surface area contributed by atoms with Crippen molar-refractivity contribution in [2.75, 3.05) is 7.11 Å². The summed E-state index contributed by atoms with van der Waals surface area (Å²) in [5.74, 6) is 0.397. The van der Waals surface area contributed by atoms with Crippen molar-refractivity contribution in [1.82, 2.24) is 0 Å². The van der Waals surface area contributed by atoms with E-state index in [0.717, 1.165) is 27.6 Å². The molecule has 30 heavy (non-hydrogen) atoms. The average Bonchev–Trinajstić information content (AvgIpc) is 2.86. The lowest BCUT2D eigenvalue weighted by atomic mass is 9.81. The van der Waals surface area contributed by atoms with Gasteiger partial charge in [0.2, 0.25) is 0 Å². The van der Waals surface area contributed by atoms with Gasteiger partial charge in [0.15, 0.2) is 5.78 Å². The molecule has 0 N–H and O–H groups in total. The van der Waals surface area contributed by atoms with E-state index in [1.165, 1.54) is 13.8 Å². The quantitative estimate of drug-likeness (QED) is 0.260. The van der Waals surface area contributed by atoms with Crippen LogP contribution in [0.1, 0.15) is 49.2 Å². The third-order valence-corrected chi connectivity index (χ3v) is 6.22. The van der Waals surface area contributed by atoms with E-state index < -0.39 is 11.4 Å². The van der Waals surface area contributed by atoms with Gasteiger partial charge in [0.1, 0.15) is 11.5 Å². The number of methoxy groups -OCH3 is 1. The number of fused-ring (bicyclic) bond motifs is 5. The van der Waals surface area contributed by atoms with Crippen LogP contribution in [0.5, 0.6) is 11.5 Å². The Morgan fingerprint density at radius 1 is 0.933 bits per heavy atom. The summed E-state index contributed by atoms with van der Waals surface area (Å²) < 4.78 is 11.0. The van der Waals surface area contributed by atoms with Gasteiger partial charge in [-0.1, -0.05) is 37.0 Å². The Hall–Kier alpha value is -2.56. The molecule has 0 aliphatic heterocycles. The minimum absolute atomic E-state index is 0.0854. The van der Waals surface area contributed by atoms with Crippen LogP contribution in [-0.2, 0) is 10.2 Å². The van der Waals surface area contributed by atoms with E-state index in [9.17, 15) is 9.59 Å². The van der Waals surface area contributed by atoms with Crippen molar-refractivity contribution in [3.63, 3.8) is 0 Å². The molecule has 0 saturated heterocycles. The molecule has 0 spiro atoms. The summed E-state index contributed by atoms with van der Waals surface area (Å²) in [5.41, 5.74) is 3.89. The van der Waals surface area contributed by atoms with Crippen molar-refractivity contribution >= 4 is 45.7 Å². The van der Waals surface area contributed by atoms with Crippen LogP contribution >= 0.6 is 23.2 Å². The first-order valence-corrected chi connectivity index (χ1v) is 10.2. The van der Waals surface area contributed by atoms with Gasteiger partial charge in [-0.25, -0.2) is 0 Å². The number of Topliss-reactive ketones (excluding diaryl/α,β-unsaturated/α-hetero) is 1. The Bertz CT molecular complexity index is 1260. The fourth-order valence-electron chi connectivity index (χ4n) is 4.35. The fourth-order valence-corrected chi connectivity index (χ4v) is 4.94. The molecule has 1 aliphatic carbocycles. The van der Waals surface area contributed by atoms with Crippen LogP contribution < -0.4 is 9.47 Å². The molecule has 0 fully saturated rings. The van der Waals surface area contributed by atoms with E-state index in [1.54, 1.807) is 13.2 Å². The van der Waals surface area contributed by atoms with Gasteiger partial charge in [-0.15, -0.1) is 0 Å². The van der Waals surface area contributed by atoms with Crippen LogP contribution in [0.2, 0.25) is 10.0 Å². The van der Waals surface area contributed by atoms with Crippen molar-refractivity contribution < 1.29 is 19.1 Å². The first-order valence-electron chi connectivity index (χ1n) is 9.44. The van der Waals surface area contributed by atoms with Crippen molar-refractivity contribution in [1.29, 1.82) is 0 Å². The molecule has 0 saturated carbocycles. The highest BCUT2D eigenvalue weighted by molar-refractivity contribution is 6.40. The number of rotatable bonds is 3. The van der Waals surface area contributed by atoms with Crippen molar-refractivity contribution in [2.24, 2.45) is 0 Å². The van der Waals surface area contributed by atoms with Crippen molar-refractivity contribution in [2.45, 2.75) is 33.1 Å². The molecule has 0 bridgehead atoms. The smallest absolute Gasteiger partial charge is 0.308 e. The summed E-state index contributed by atoms with van der Waals surface area (Å²) in [7, 11) is 1.55. The van der Waals surface area contributed by atoms with Gasteiger partial charge in [0, 0.05) is 22.7 Å². The average molecular weight is 443 g/mol. The van der Waals surface area contributed by atoms with E-state index in [4.69, 9.17) is 32.7 Å². The predicted molar refractivity (Wildman–Crippen MR) is 119 cm³/mol. The monoisotopic (exact) mass is 442 g/mol. The second-order valence-corrected chi connectivity index (χ2v) is 8.82. The molecule has 154 valence electrons. The number of hydrogen-bond acceptors (Lipinski definition) is 4. The Labute approximate surface area is 184 Å². The first-order chi connectivity index (χ1) is 14.1. The van der Waals surface area contributed by atoms with E-state index in [-0.39, 0.29) is 5.78 Å². The van der Waals surface area contributed by atoms with E-state index in [2.05, 4.69) is 13.8 Å². The normalized spacial score (nSPS) is 13.7. The number of benzene rings is 3. The van der Waals surface area contributed by atoms with Gasteiger partial charge in [0.05, 0.1) is 17.7 Å². The lowest BCUT2D eigenvalue weighted by Gasteiger charge is -2.23. The van der Waals surface area contributed by atoms with Gasteiger partial charge in [-0.3, -0.25) is 9.59 Å². The molecule has 0 amide bonds. The molecule has 0 radical (unpaired) electrons. The number of carbonyl (C=O) groups excluding carboxylic acids is 2. The second kappa shape index (κ2) is 7.00. The van der Waals surface area contributed by atoms with E-state index in [0.29, 0.717) is 32.5 Å².